The Morgan fingerprint density at radius 3 is 3.18 bits per heavy atom. The standard InChI is InChI=1S/C12H10BrIN2O/c1-7-5-16-6-11(14)15-12(16)9-4-8(13)2-3-10(9)17-7/h2-4,6-7H,5H2,1H3. The Morgan fingerprint density at radius 2 is 2.35 bits per heavy atom. The molecule has 0 spiro atoms. The fraction of sp³-hybridized carbons (Fsp3) is 0.250. The fourth-order valence-electron chi connectivity index (χ4n) is 2.05. The second kappa shape index (κ2) is 4.28. The van der Waals surface area contributed by atoms with Gasteiger partial charge in [-0.05, 0) is 47.7 Å². The Hall–Kier alpha value is -0.560. The van der Waals surface area contributed by atoms with Gasteiger partial charge >= 0.3 is 0 Å². The first-order chi connectivity index (χ1) is 8.13. The molecule has 17 heavy (non-hydrogen) atoms. The molecule has 0 saturated heterocycles. The second-order valence-electron chi connectivity index (χ2n) is 4.11. The van der Waals surface area contributed by atoms with E-state index >= 15 is 0 Å². The van der Waals surface area contributed by atoms with Gasteiger partial charge < -0.3 is 9.30 Å². The first kappa shape index (κ1) is 11.5. The van der Waals surface area contributed by atoms with Gasteiger partial charge in [0.15, 0.2) is 0 Å². The SMILES string of the molecule is CC1Cn2cc(I)nc2-c2cc(Br)ccc2O1. The summed E-state index contributed by atoms with van der Waals surface area (Å²) >= 11 is 5.74. The van der Waals surface area contributed by atoms with Crippen LogP contribution in [0.5, 0.6) is 5.75 Å². The molecule has 0 aliphatic carbocycles. The van der Waals surface area contributed by atoms with Gasteiger partial charge in [0.05, 0.1) is 12.1 Å². The van der Waals surface area contributed by atoms with Crippen molar-refractivity contribution in [3.8, 4) is 17.1 Å². The highest BCUT2D eigenvalue weighted by molar-refractivity contribution is 14.1. The van der Waals surface area contributed by atoms with Crippen LogP contribution in [0.2, 0.25) is 0 Å². The van der Waals surface area contributed by atoms with Crippen molar-refractivity contribution in [3.05, 3.63) is 32.6 Å². The van der Waals surface area contributed by atoms with Crippen molar-refractivity contribution < 1.29 is 4.74 Å². The molecule has 5 heteroatoms. The molecule has 0 radical (unpaired) electrons. The number of benzene rings is 1. The van der Waals surface area contributed by atoms with Gasteiger partial charge in [0.25, 0.3) is 0 Å². The molecule has 1 aliphatic heterocycles. The van der Waals surface area contributed by atoms with Crippen LogP contribution in [0.4, 0.5) is 0 Å². The van der Waals surface area contributed by atoms with Gasteiger partial charge in [0, 0.05) is 10.7 Å². The number of hydrogen-bond donors (Lipinski definition) is 0. The predicted molar refractivity (Wildman–Crippen MR) is 78.2 cm³/mol. The van der Waals surface area contributed by atoms with Crippen LogP contribution in [0, 0.1) is 3.70 Å². The van der Waals surface area contributed by atoms with E-state index in [9.17, 15) is 0 Å². The second-order valence-corrected chi connectivity index (χ2v) is 6.13. The summed E-state index contributed by atoms with van der Waals surface area (Å²) in [6, 6.07) is 6.05. The van der Waals surface area contributed by atoms with E-state index in [0.29, 0.717) is 0 Å². The molecule has 0 saturated carbocycles. The van der Waals surface area contributed by atoms with Crippen LogP contribution in [0.1, 0.15) is 6.92 Å². The molecule has 0 amide bonds. The highest BCUT2D eigenvalue weighted by Crippen LogP contribution is 2.35. The van der Waals surface area contributed by atoms with Gasteiger partial charge in [-0.1, -0.05) is 15.9 Å². The Balaban J connectivity index is 2.26. The average molecular weight is 405 g/mol. The van der Waals surface area contributed by atoms with Crippen LogP contribution in [0.15, 0.2) is 28.9 Å². The van der Waals surface area contributed by atoms with Crippen molar-refractivity contribution >= 4 is 38.5 Å². The Kier molecular flexibility index (Phi) is 2.90. The van der Waals surface area contributed by atoms with Crippen LogP contribution in [-0.2, 0) is 6.54 Å². The molecule has 1 unspecified atom stereocenters. The zero-order valence-electron chi connectivity index (χ0n) is 9.15. The molecule has 3 nitrogen and oxygen atoms in total. The lowest BCUT2D eigenvalue weighted by atomic mass is 10.2. The molecule has 1 aromatic heterocycles. The lowest BCUT2D eigenvalue weighted by Gasteiger charge is -2.12. The van der Waals surface area contributed by atoms with Gasteiger partial charge in [-0.3, -0.25) is 0 Å². The molecule has 1 atom stereocenters. The first-order valence-electron chi connectivity index (χ1n) is 5.33. The summed E-state index contributed by atoms with van der Waals surface area (Å²) in [5.41, 5.74) is 1.05. The Labute approximate surface area is 121 Å². The summed E-state index contributed by atoms with van der Waals surface area (Å²) in [5.74, 6) is 1.89. The topological polar surface area (TPSA) is 27.1 Å². The molecule has 0 bridgehead atoms. The zero-order valence-corrected chi connectivity index (χ0v) is 12.9. The van der Waals surface area contributed by atoms with Gasteiger partial charge in [-0.25, -0.2) is 4.98 Å². The average Bonchev–Trinajstić information content (AvgIpc) is 2.56. The lowest BCUT2D eigenvalue weighted by Crippen LogP contribution is -2.17. The van der Waals surface area contributed by atoms with Gasteiger partial charge in [0.2, 0.25) is 0 Å². The summed E-state index contributed by atoms with van der Waals surface area (Å²) in [5, 5.41) is 0. The maximum Gasteiger partial charge on any atom is 0.145 e. The van der Waals surface area contributed by atoms with E-state index in [1.165, 1.54) is 0 Å². The summed E-state index contributed by atoms with van der Waals surface area (Å²) < 4.78 is 10.1. The van der Waals surface area contributed by atoms with Crippen LogP contribution >= 0.6 is 38.5 Å². The number of nitrogens with zero attached hydrogens (tertiary/aromatic N) is 2. The molecule has 1 aliphatic rings. The third-order valence-electron chi connectivity index (χ3n) is 2.71. The largest absolute Gasteiger partial charge is 0.488 e. The number of rotatable bonds is 0. The molecular formula is C12H10BrIN2O. The third kappa shape index (κ3) is 2.10. The highest BCUT2D eigenvalue weighted by atomic mass is 127. The minimum atomic E-state index is 0.154. The van der Waals surface area contributed by atoms with Gasteiger partial charge in [0.1, 0.15) is 21.4 Å². The zero-order chi connectivity index (χ0) is 12.0. The van der Waals surface area contributed by atoms with E-state index in [-0.39, 0.29) is 6.10 Å². The van der Waals surface area contributed by atoms with Crippen molar-refractivity contribution in [3.63, 3.8) is 0 Å². The van der Waals surface area contributed by atoms with Crippen molar-refractivity contribution in [1.82, 2.24) is 9.55 Å². The minimum absolute atomic E-state index is 0.154. The summed E-state index contributed by atoms with van der Waals surface area (Å²) in [6.07, 6.45) is 2.22. The summed E-state index contributed by atoms with van der Waals surface area (Å²) in [7, 11) is 0. The quantitative estimate of drug-likeness (QED) is 0.626. The third-order valence-corrected chi connectivity index (χ3v) is 3.72. The van der Waals surface area contributed by atoms with E-state index in [4.69, 9.17) is 4.74 Å². The monoisotopic (exact) mass is 404 g/mol. The maximum atomic E-state index is 5.91. The maximum absolute atomic E-state index is 5.91. The predicted octanol–water partition coefficient (Wildman–Crippen LogP) is 3.70. The number of aromatic nitrogens is 2. The molecule has 3 rings (SSSR count). The Bertz CT molecular complexity index is 582. The molecular weight excluding hydrogens is 395 g/mol. The number of fused-ring (bicyclic) bond motifs is 3. The molecule has 2 heterocycles. The number of halogens is 2. The van der Waals surface area contributed by atoms with E-state index in [2.05, 4.69) is 67.3 Å². The highest BCUT2D eigenvalue weighted by Gasteiger charge is 2.21. The van der Waals surface area contributed by atoms with Crippen molar-refractivity contribution in [2.75, 3.05) is 0 Å². The molecule has 0 N–H and O–H groups in total. The Morgan fingerprint density at radius 1 is 1.53 bits per heavy atom. The summed E-state index contributed by atoms with van der Waals surface area (Å²) in [4.78, 5) is 4.58. The smallest absolute Gasteiger partial charge is 0.145 e. The number of ether oxygens (including phenoxy) is 1. The number of imidazole rings is 1. The summed E-state index contributed by atoms with van der Waals surface area (Å²) in [6.45, 7) is 2.91. The van der Waals surface area contributed by atoms with Gasteiger partial charge in [-0.15, -0.1) is 0 Å². The van der Waals surface area contributed by atoms with E-state index in [0.717, 1.165) is 31.9 Å². The molecule has 2 aromatic rings. The van der Waals surface area contributed by atoms with E-state index in [1.807, 2.05) is 12.1 Å². The number of hydrogen-bond acceptors (Lipinski definition) is 2. The van der Waals surface area contributed by atoms with E-state index in [1.54, 1.807) is 0 Å². The molecule has 88 valence electrons. The minimum Gasteiger partial charge on any atom is -0.488 e. The van der Waals surface area contributed by atoms with Gasteiger partial charge in [-0.2, -0.15) is 0 Å². The van der Waals surface area contributed by atoms with Crippen molar-refractivity contribution in [2.45, 2.75) is 19.6 Å². The lowest BCUT2D eigenvalue weighted by molar-refractivity contribution is 0.206. The van der Waals surface area contributed by atoms with Crippen molar-refractivity contribution in [1.29, 1.82) is 0 Å². The normalized spacial score (nSPS) is 17.9. The van der Waals surface area contributed by atoms with Crippen LogP contribution in [0.3, 0.4) is 0 Å². The van der Waals surface area contributed by atoms with Crippen LogP contribution < -0.4 is 4.74 Å². The molecule has 0 fully saturated rings. The fourth-order valence-corrected chi connectivity index (χ4v) is 2.97. The van der Waals surface area contributed by atoms with Crippen LogP contribution in [0.25, 0.3) is 11.4 Å². The molecule has 1 aromatic carbocycles. The first-order valence-corrected chi connectivity index (χ1v) is 7.20. The van der Waals surface area contributed by atoms with Crippen LogP contribution in [-0.4, -0.2) is 15.7 Å². The van der Waals surface area contributed by atoms with E-state index < -0.39 is 0 Å². The van der Waals surface area contributed by atoms with Crippen molar-refractivity contribution in [2.24, 2.45) is 0 Å².